The van der Waals surface area contributed by atoms with Gasteiger partial charge in [-0.1, -0.05) is 19.1 Å². The summed E-state index contributed by atoms with van der Waals surface area (Å²) in [7, 11) is 0. The maximum atomic E-state index is 13.2. The average molecular weight is 596 g/mol. The third-order valence-electron chi connectivity index (χ3n) is 6.59. The van der Waals surface area contributed by atoms with Gasteiger partial charge in [-0.25, -0.2) is 0 Å². The lowest BCUT2D eigenvalue weighted by molar-refractivity contribution is -0.138. The number of rotatable bonds is 12. The third kappa shape index (κ3) is 9.22. The molecule has 0 fully saturated rings. The molecule has 0 saturated carbocycles. The number of alkyl halides is 6. The Morgan fingerprint density at radius 1 is 0.976 bits per heavy atom. The molecule has 0 saturated heterocycles. The molecule has 1 amide bonds. The van der Waals surface area contributed by atoms with Crippen LogP contribution in [0.25, 0.3) is 11.3 Å². The summed E-state index contributed by atoms with van der Waals surface area (Å²) in [5.74, 6) is -1.38. The molecule has 2 aromatic carbocycles. The maximum Gasteiger partial charge on any atom is 0.416 e. The Bertz CT molecular complexity index is 1370. The van der Waals surface area contributed by atoms with Gasteiger partial charge < -0.3 is 15.3 Å². The van der Waals surface area contributed by atoms with Crippen LogP contribution in [0.2, 0.25) is 0 Å². The minimum absolute atomic E-state index is 0.0484. The fourth-order valence-corrected chi connectivity index (χ4v) is 4.51. The lowest BCUT2D eigenvalue weighted by atomic mass is 9.94. The summed E-state index contributed by atoms with van der Waals surface area (Å²) in [6.07, 6.45) is -8.87. The molecular formula is C30H31F6N3O3. The molecule has 0 spiro atoms. The summed E-state index contributed by atoms with van der Waals surface area (Å²) in [5, 5.41) is 12.1. The van der Waals surface area contributed by atoms with Crippen LogP contribution >= 0.6 is 0 Å². The number of anilines is 1. The van der Waals surface area contributed by atoms with Crippen molar-refractivity contribution < 1.29 is 41.0 Å². The number of pyridine rings is 1. The third-order valence-corrected chi connectivity index (χ3v) is 6.59. The Morgan fingerprint density at radius 2 is 1.67 bits per heavy atom. The van der Waals surface area contributed by atoms with E-state index in [0.29, 0.717) is 40.9 Å². The van der Waals surface area contributed by atoms with Crippen LogP contribution in [0.3, 0.4) is 0 Å². The van der Waals surface area contributed by atoms with Gasteiger partial charge in [0, 0.05) is 42.5 Å². The predicted molar refractivity (Wildman–Crippen MR) is 146 cm³/mol. The van der Waals surface area contributed by atoms with Crippen molar-refractivity contribution in [1.29, 1.82) is 0 Å². The maximum absolute atomic E-state index is 13.2. The molecule has 0 bridgehead atoms. The van der Waals surface area contributed by atoms with Crippen molar-refractivity contribution in [2.75, 3.05) is 18.4 Å². The van der Waals surface area contributed by atoms with Crippen molar-refractivity contribution in [3.05, 3.63) is 83.0 Å². The molecule has 0 radical (unpaired) electrons. The van der Waals surface area contributed by atoms with Crippen molar-refractivity contribution in [3.8, 4) is 11.3 Å². The number of carboxylic acid groups (broad SMARTS) is 1. The number of nitrogens with zero attached hydrogens (tertiary/aromatic N) is 2. The van der Waals surface area contributed by atoms with E-state index in [1.165, 1.54) is 23.1 Å². The highest BCUT2D eigenvalue weighted by Gasteiger charge is 2.31. The average Bonchev–Trinajstić information content (AvgIpc) is 2.92. The number of carboxylic acids is 1. The van der Waals surface area contributed by atoms with Crippen molar-refractivity contribution >= 4 is 17.6 Å². The zero-order valence-electron chi connectivity index (χ0n) is 23.0. The monoisotopic (exact) mass is 595 g/mol. The predicted octanol–water partition coefficient (Wildman–Crippen LogP) is 7.90. The van der Waals surface area contributed by atoms with Crippen molar-refractivity contribution in [1.82, 2.24) is 9.88 Å². The lowest BCUT2D eigenvalue weighted by Gasteiger charge is -2.24. The molecule has 0 aliphatic carbocycles. The van der Waals surface area contributed by atoms with Crippen LogP contribution in [0.1, 0.15) is 65.7 Å². The van der Waals surface area contributed by atoms with E-state index in [1.807, 2.05) is 6.92 Å². The first-order valence-corrected chi connectivity index (χ1v) is 13.3. The van der Waals surface area contributed by atoms with Crippen LogP contribution in [0.4, 0.5) is 32.0 Å². The highest BCUT2D eigenvalue weighted by Crippen LogP contribution is 2.35. The van der Waals surface area contributed by atoms with Gasteiger partial charge in [0.1, 0.15) is 0 Å². The molecule has 1 aromatic heterocycles. The number of nitrogens with one attached hydrogen (secondary N) is 1. The largest absolute Gasteiger partial charge is 0.481 e. The molecule has 3 aromatic rings. The standard InChI is InChI=1S/C30H31F6N3O3/c1-3-15-39(16-12-27(40)41)28(42)20-4-7-23(8-5-20)38-25(10-13-29(31,32)33)24-9-6-21(17-19(24)2)26-18-22(11-14-37-26)30(34,35)36/h4-9,11,14,17-18,25,38H,3,10,12-13,15-16H2,1-2H3,(H,40,41). The van der Waals surface area contributed by atoms with Gasteiger partial charge in [0.15, 0.2) is 0 Å². The minimum Gasteiger partial charge on any atom is -0.481 e. The molecule has 1 atom stereocenters. The Balaban J connectivity index is 1.85. The molecule has 1 heterocycles. The van der Waals surface area contributed by atoms with Crippen molar-refractivity contribution in [2.45, 2.75) is 57.9 Å². The van der Waals surface area contributed by atoms with Crippen LogP contribution < -0.4 is 5.32 Å². The number of aliphatic carboxylic acids is 1. The number of hydrogen-bond donors (Lipinski definition) is 2. The first-order chi connectivity index (χ1) is 19.7. The van der Waals surface area contributed by atoms with E-state index < -0.39 is 36.3 Å². The van der Waals surface area contributed by atoms with Crippen LogP contribution in [0.5, 0.6) is 0 Å². The molecule has 0 aliphatic heterocycles. The van der Waals surface area contributed by atoms with Gasteiger partial charge in [0.2, 0.25) is 0 Å². The second kappa shape index (κ2) is 13.7. The molecule has 0 aliphatic rings. The van der Waals surface area contributed by atoms with E-state index in [-0.39, 0.29) is 31.0 Å². The number of aromatic nitrogens is 1. The van der Waals surface area contributed by atoms with Gasteiger partial charge in [-0.3, -0.25) is 14.6 Å². The Hall–Kier alpha value is -4.09. The number of benzene rings is 2. The Labute approximate surface area is 239 Å². The van der Waals surface area contributed by atoms with Gasteiger partial charge in [0.05, 0.1) is 23.7 Å². The van der Waals surface area contributed by atoms with Crippen LogP contribution in [0.15, 0.2) is 60.8 Å². The first-order valence-electron chi connectivity index (χ1n) is 13.3. The quantitative estimate of drug-likeness (QED) is 0.208. The molecule has 2 N–H and O–H groups in total. The van der Waals surface area contributed by atoms with E-state index in [0.717, 1.165) is 18.3 Å². The summed E-state index contributed by atoms with van der Waals surface area (Å²) in [5.41, 5.74) is 1.46. The number of aryl methyl sites for hydroxylation is 1. The van der Waals surface area contributed by atoms with E-state index in [1.54, 1.807) is 31.2 Å². The number of hydrogen-bond acceptors (Lipinski definition) is 4. The highest BCUT2D eigenvalue weighted by atomic mass is 19.4. The molecular weight excluding hydrogens is 564 g/mol. The smallest absolute Gasteiger partial charge is 0.416 e. The molecule has 3 rings (SSSR count). The Morgan fingerprint density at radius 3 is 2.24 bits per heavy atom. The Kier molecular flexibility index (Phi) is 10.6. The fraction of sp³-hybridized carbons (Fsp3) is 0.367. The zero-order valence-corrected chi connectivity index (χ0v) is 23.0. The van der Waals surface area contributed by atoms with Crippen LogP contribution in [-0.2, 0) is 11.0 Å². The summed E-state index contributed by atoms with van der Waals surface area (Å²) in [4.78, 5) is 29.3. The van der Waals surface area contributed by atoms with Crippen molar-refractivity contribution in [2.24, 2.45) is 0 Å². The zero-order chi connectivity index (χ0) is 31.1. The van der Waals surface area contributed by atoms with E-state index in [2.05, 4.69) is 10.3 Å². The van der Waals surface area contributed by atoms with E-state index in [9.17, 15) is 35.9 Å². The summed E-state index contributed by atoms with van der Waals surface area (Å²) in [6.45, 7) is 3.94. The molecule has 6 nitrogen and oxygen atoms in total. The molecule has 1 unspecified atom stereocenters. The van der Waals surface area contributed by atoms with Gasteiger partial charge in [-0.15, -0.1) is 0 Å². The molecule has 226 valence electrons. The normalized spacial score (nSPS) is 12.6. The minimum atomic E-state index is -4.55. The fourth-order valence-electron chi connectivity index (χ4n) is 4.51. The van der Waals surface area contributed by atoms with Crippen LogP contribution in [0, 0.1) is 6.92 Å². The summed E-state index contributed by atoms with van der Waals surface area (Å²) < 4.78 is 79.0. The summed E-state index contributed by atoms with van der Waals surface area (Å²) in [6, 6.07) is 11.8. The SMILES string of the molecule is CCCN(CCC(=O)O)C(=O)c1ccc(NC(CCC(F)(F)F)c2ccc(-c3cc(C(F)(F)F)ccn3)cc2C)cc1. The summed E-state index contributed by atoms with van der Waals surface area (Å²) >= 11 is 0. The van der Waals surface area contributed by atoms with Gasteiger partial charge in [-0.05, 0) is 73.4 Å². The molecule has 42 heavy (non-hydrogen) atoms. The van der Waals surface area contributed by atoms with Crippen LogP contribution in [-0.4, -0.2) is 46.1 Å². The molecule has 12 heteroatoms. The number of carbonyl (C=O) groups excluding carboxylic acids is 1. The number of amides is 1. The first kappa shape index (κ1) is 32.4. The van der Waals surface area contributed by atoms with E-state index in [4.69, 9.17) is 5.11 Å². The second-order valence-electron chi connectivity index (χ2n) is 9.86. The second-order valence-corrected chi connectivity index (χ2v) is 9.86. The number of carbonyl (C=O) groups is 2. The lowest BCUT2D eigenvalue weighted by Crippen LogP contribution is -2.33. The van der Waals surface area contributed by atoms with E-state index >= 15 is 0 Å². The van der Waals surface area contributed by atoms with Crippen molar-refractivity contribution in [3.63, 3.8) is 0 Å². The number of halogens is 6. The van der Waals surface area contributed by atoms with Gasteiger partial charge >= 0.3 is 18.3 Å². The topological polar surface area (TPSA) is 82.5 Å². The highest BCUT2D eigenvalue weighted by molar-refractivity contribution is 5.94. The van der Waals surface area contributed by atoms with Gasteiger partial charge in [-0.2, -0.15) is 26.3 Å². The van der Waals surface area contributed by atoms with Gasteiger partial charge in [0.25, 0.3) is 5.91 Å².